The molecule has 4 nitrogen and oxygen atoms in total. The average molecular weight is 216 g/mol. The summed E-state index contributed by atoms with van der Waals surface area (Å²) in [6, 6.07) is 6.84. The average Bonchev–Trinajstić information content (AvgIpc) is 2.27. The molecule has 0 bridgehead atoms. The Hall–Kier alpha value is -1.94. The van der Waals surface area contributed by atoms with E-state index < -0.39 is 0 Å². The third kappa shape index (κ3) is 1.63. The number of para-hydroxylation sites is 1. The lowest BCUT2D eigenvalue weighted by molar-refractivity contribution is 0.100. The van der Waals surface area contributed by atoms with Crippen molar-refractivity contribution in [2.45, 2.75) is 6.92 Å². The fourth-order valence-corrected chi connectivity index (χ4v) is 1.79. The van der Waals surface area contributed by atoms with Gasteiger partial charge in [0.2, 0.25) is 5.56 Å². The quantitative estimate of drug-likeness (QED) is 0.734. The van der Waals surface area contributed by atoms with Crippen molar-refractivity contribution in [1.82, 2.24) is 4.98 Å². The fraction of sp³-hybridized carbons (Fsp3) is 0.167. The number of carbonyl (C=O) groups is 1. The first-order valence-electron chi connectivity index (χ1n) is 4.99. The molecule has 1 aromatic carbocycles. The molecule has 82 valence electrons. The van der Waals surface area contributed by atoms with Gasteiger partial charge in [0.1, 0.15) is 0 Å². The van der Waals surface area contributed by atoms with E-state index in [2.05, 4.69) is 4.98 Å². The van der Waals surface area contributed by atoms with E-state index in [0.29, 0.717) is 11.1 Å². The molecule has 0 radical (unpaired) electrons. The van der Waals surface area contributed by atoms with Crippen molar-refractivity contribution in [2.75, 3.05) is 6.54 Å². The number of hydrogen-bond acceptors (Lipinski definition) is 3. The molecule has 0 amide bonds. The molecule has 1 heterocycles. The lowest BCUT2D eigenvalue weighted by Gasteiger charge is -2.06. The van der Waals surface area contributed by atoms with E-state index in [9.17, 15) is 9.59 Å². The number of benzene rings is 1. The minimum atomic E-state index is -0.206. The number of nitrogens with two attached hydrogens (primary N) is 1. The van der Waals surface area contributed by atoms with Gasteiger partial charge in [-0.05, 0) is 18.6 Å². The molecule has 0 atom stereocenters. The van der Waals surface area contributed by atoms with E-state index in [-0.39, 0.29) is 17.9 Å². The zero-order chi connectivity index (χ0) is 11.7. The molecule has 0 spiro atoms. The minimum Gasteiger partial charge on any atom is -0.324 e. The Morgan fingerprint density at radius 1 is 1.44 bits per heavy atom. The molecule has 0 unspecified atom stereocenters. The number of Topliss-reactive ketones (excluding diaryl/α,β-unsaturated/α-hetero) is 1. The summed E-state index contributed by atoms with van der Waals surface area (Å²) in [7, 11) is 0. The maximum absolute atomic E-state index is 11.6. The first-order chi connectivity index (χ1) is 7.63. The highest BCUT2D eigenvalue weighted by molar-refractivity contribution is 6.07. The maximum Gasteiger partial charge on any atom is 0.248 e. The third-order valence-corrected chi connectivity index (χ3v) is 2.57. The number of ketones is 1. The molecular formula is C12H12N2O2. The maximum atomic E-state index is 11.6. The van der Waals surface area contributed by atoms with Crippen molar-refractivity contribution < 1.29 is 4.79 Å². The van der Waals surface area contributed by atoms with Crippen molar-refractivity contribution >= 4 is 16.7 Å². The van der Waals surface area contributed by atoms with E-state index in [1.165, 1.54) is 6.07 Å². The van der Waals surface area contributed by atoms with Crippen LogP contribution in [0.25, 0.3) is 10.9 Å². The van der Waals surface area contributed by atoms with Crippen molar-refractivity contribution in [3.8, 4) is 0 Å². The zero-order valence-corrected chi connectivity index (χ0v) is 8.91. The summed E-state index contributed by atoms with van der Waals surface area (Å²) < 4.78 is 0. The van der Waals surface area contributed by atoms with E-state index in [0.717, 1.165) is 10.9 Å². The molecule has 2 aromatic rings. The van der Waals surface area contributed by atoms with Gasteiger partial charge in [-0.1, -0.05) is 12.1 Å². The molecule has 16 heavy (non-hydrogen) atoms. The number of aromatic amines is 1. The zero-order valence-electron chi connectivity index (χ0n) is 8.91. The fourth-order valence-electron chi connectivity index (χ4n) is 1.79. The smallest absolute Gasteiger partial charge is 0.248 e. The summed E-state index contributed by atoms with van der Waals surface area (Å²) >= 11 is 0. The molecular weight excluding hydrogens is 204 g/mol. The number of carbonyl (C=O) groups excluding carboxylic acids is 1. The van der Waals surface area contributed by atoms with Crippen LogP contribution in [0.3, 0.4) is 0 Å². The molecule has 0 saturated carbocycles. The highest BCUT2D eigenvalue weighted by Gasteiger charge is 2.10. The summed E-state index contributed by atoms with van der Waals surface area (Å²) in [4.78, 5) is 25.7. The first kappa shape index (κ1) is 10.6. The lowest BCUT2D eigenvalue weighted by Crippen LogP contribution is -2.16. The van der Waals surface area contributed by atoms with Crippen LogP contribution in [0.5, 0.6) is 0 Å². The molecule has 0 aliphatic carbocycles. The summed E-state index contributed by atoms with van der Waals surface area (Å²) in [5.74, 6) is -0.174. The second kappa shape index (κ2) is 3.90. The van der Waals surface area contributed by atoms with Crippen molar-refractivity contribution in [1.29, 1.82) is 0 Å². The van der Waals surface area contributed by atoms with Crippen LogP contribution in [-0.4, -0.2) is 17.3 Å². The number of hydrogen-bond donors (Lipinski definition) is 2. The molecule has 1 aromatic heterocycles. The molecule has 0 aliphatic heterocycles. The minimum absolute atomic E-state index is 0.0604. The summed E-state index contributed by atoms with van der Waals surface area (Å²) in [6.45, 7) is 1.78. The van der Waals surface area contributed by atoms with Crippen LogP contribution in [0.2, 0.25) is 0 Å². The number of H-pyrrole nitrogens is 1. The number of fused-ring (bicyclic) bond motifs is 1. The van der Waals surface area contributed by atoms with Gasteiger partial charge in [0, 0.05) is 17.0 Å². The second-order valence-electron chi connectivity index (χ2n) is 3.67. The second-order valence-corrected chi connectivity index (χ2v) is 3.67. The largest absolute Gasteiger partial charge is 0.324 e. The van der Waals surface area contributed by atoms with Gasteiger partial charge in [-0.3, -0.25) is 9.59 Å². The van der Waals surface area contributed by atoms with Gasteiger partial charge in [-0.2, -0.15) is 0 Å². The Morgan fingerprint density at radius 2 is 2.19 bits per heavy atom. The Morgan fingerprint density at radius 3 is 2.88 bits per heavy atom. The van der Waals surface area contributed by atoms with Gasteiger partial charge >= 0.3 is 0 Å². The van der Waals surface area contributed by atoms with Crippen molar-refractivity contribution in [2.24, 2.45) is 5.73 Å². The molecule has 3 N–H and O–H groups in total. The van der Waals surface area contributed by atoms with Gasteiger partial charge in [0.25, 0.3) is 0 Å². The van der Waals surface area contributed by atoms with Gasteiger partial charge < -0.3 is 10.7 Å². The van der Waals surface area contributed by atoms with Crippen LogP contribution < -0.4 is 11.3 Å². The van der Waals surface area contributed by atoms with Crippen LogP contribution in [0.4, 0.5) is 0 Å². The van der Waals surface area contributed by atoms with Crippen LogP contribution in [0, 0.1) is 6.92 Å². The Kier molecular flexibility index (Phi) is 2.58. The van der Waals surface area contributed by atoms with E-state index >= 15 is 0 Å². The number of rotatable bonds is 2. The highest BCUT2D eigenvalue weighted by atomic mass is 16.1. The number of aromatic nitrogens is 1. The van der Waals surface area contributed by atoms with Gasteiger partial charge in [0.15, 0.2) is 5.78 Å². The number of aryl methyl sites for hydroxylation is 1. The van der Waals surface area contributed by atoms with Crippen molar-refractivity contribution in [3.63, 3.8) is 0 Å². The Labute approximate surface area is 92.1 Å². The van der Waals surface area contributed by atoms with E-state index in [1.54, 1.807) is 12.1 Å². The summed E-state index contributed by atoms with van der Waals surface area (Å²) in [5, 5.41) is 0.874. The van der Waals surface area contributed by atoms with E-state index in [1.807, 2.05) is 13.0 Å². The normalized spacial score (nSPS) is 10.6. The van der Waals surface area contributed by atoms with Gasteiger partial charge in [0.05, 0.1) is 12.1 Å². The predicted octanol–water partition coefficient (Wildman–Crippen LogP) is 0.978. The lowest BCUT2D eigenvalue weighted by atomic mass is 10.0. The van der Waals surface area contributed by atoms with Gasteiger partial charge in [-0.25, -0.2) is 0 Å². The summed E-state index contributed by atoms with van der Waals surface area (Å²) in [6.07, 6.45) is 0. The van der Waals surface area contributed by atoms with Crippen LogP contribution in [0.1, 0.15) is 15.9 Å². The number of pyridine rings is 1. The van der Waals surface area contributed by atoms with Crippen molar-refractivity contribution in [3.05, 3.63) is 45.7 Å². The monoisotopic (exact) mass is 216 g/mol. The van der Waals surface area contributed by atoms with Crippen LogP contribution in [0.15, 0.2) is 29.1 Å². The summed E-state index contributed by atoms with van der Waals surface area (Å²) in [5.41, 5.74) is 7.02. The molecule has 4 heteroatoms. The Balaban J connectivity index is 2.86. The molecule has 0 saturated heterocycles. The predicted molar refractivity (Wildman–Crippen MR) is 62.7 cm³/mol. The SMILES string of the molecule is Cc1cc(=O)[nH]c2c(C(=O)CN)cccc12. The Bertz CT molecular complexity index is 614. The molecule has 0 aliphatic rings. The van der Waals surface area contributed by atoms with Crippen LogP contribution >= 0.6 is 0 Å². The van der Waals surface area contributed by atoms with Crippen LogP contribution in [-0.2, 0) is 0 Å². The first-order valence-corrected chi connectivity index (χ1v) is 4.99. The molecule has 0 fully saturated rings. The topological polar surface area (TPSA) is 76.0 Å². The van der Waals surface area contributed by atoms with Gasteiger partial charge in [-0.15, -0.1) is 0 Å². The standard InChI is InChI=1S/C12H12N2O2/c1-7-5-11(16)14-12-8(7)3-2-4-9(12)10(15)6-13/h2-5H,6,13H2,1H3,(H,14,16). The molecule has 2 rings (SSSR count). The number of nitrogens with one attached hydrogen (secondary N) is 1. The van der Waals surface area contributed by atoms with E-state index in [4.69, 9.17) is 5.73 Å². The highest BCUT2D eigenvalue weighted by Crippen LogP contribution is 2.18. The third-order valence-electron chi connectivity index (χ3n) is 2.57.